The molecule has 0 aromatic carbocycles. The van der Waals surface area contributed by atoms with Crippen LogP contribution in [0.5, 0.6) is 0 Å². The van der Waals surface area contributed by atoms with E-state index in [0.29, 0.717) is 23.0 Å². The van der Waals surface area contributed by atoms with Crippen LogP contribution < -0.4 is 11.1 Å². The lowest BCUT2D eigenvalue weighted by molar-refractivity contribution is -0.172. The van der Waals surface area contributed by atoms with Crippen LogP contribution in [0.2, 0.25) is 0 Å². The smallest absolute Gasteiger partial charge is 0.274 e. The number of primary amides is 1. The number of hydrogen-bond acceptors (Lipinski definition) is 11. The minimum Gasteiger partial charge on any atom is -0.394 e. The zero-order valence-corrected chi connectivity index (χ0v) is 20.7. The van der Waals surface area contributed by atoms with Crippen LogP contribution in [-0.4, -0.2) is 90.2 Å². The first-order chi connectivity index (χ1) is 16.7. The summed E-state index contributed by atoms with van der Waals surface area (Å²) in [6.07, 6.45) is 4.18. The van der Waals surface area contributed by atoms with Gasteiger partial charge in [-0.15, -0.1) is 0 Å². The number of rotatable bonds is 11. The van der Waals surface area contributed by atoms with Gasteiger partial charge in [0.2, 0.25) is 0 Å². The molecule has 2 aromatic rings. The second-order valence-corrected chi connectivity index (χ2v) is 9.13. The highest BCUT2D eigenvalue weighted by Gasteiger charge is 2.60. The fraction of sp³-hybridized carbons (Fsp3) is 0.545. The van der Waals surface area contributed by atoms with Gasteiger partial charge in [0.1, 0.15) is 24.6 Å². The van der Waals surface area contributed by atoms with Crippen molar-refractivity contribution in [2.24, 2.45) is 5.73 Å². The van der Waals surface area contributed by atoms with E-state index in [1.54, 1.807) is 6.26 Å². The highest BCUT2D eigenvalue weighted by atomic mass is 32.2. The monoisotopic (exact) mass is 508 g/mol. The van der Waals surface area contributed by atoms with Crippen molar-refractivity contribution in [1.82, 2.24) is 19.5 Å². The largest absolute Gasteiger partial charge is 0.394 e. The van der Waals surface area contributed by atoms with E-state index in [9.17, 15) is 20.1 Å². The van der Waals surface area contributed by atoms with Crippen LogP contribution >= 0.6 is 11.8 Å². The van der Waals surface area contributed by atoms with Crippen molar-refractivity contribution in [2.75, 3.05) is 31.3 Å². The Hall–Kier alpha value is -2.55. The molecule has 1 saturated heterocycles. The van der Waals surface area contributed by atoms with E-state index in [1.807, 2.05) is 26.0 Å². The molecule has 13 heteroatoms. The lowest BCUT2D eigenvalue weighted by Gasteiger charge is -2.30. The number of aliphatic hydroxyl groups excluding tert-OH is 4. The number of aliphatic hydroxyl groups is 4. The molecular weight excluding hydrogens is 476 g/mol. The minimum atomic E-state index is -2.21. The summed E-state index contributed by atoms with van der Waals surface area (Å²) in [5, 5.41) is 43.2. The maximum absolute atomic E-state index is 12.5. The molecule has 1 aliphatic heterocycles. The third-order valence-corrected chi connectivity index (χ3v) is 6.43. The van der Waals surface area contributed by atoms with Crippen molar-refractivity contribution in [3.63, 3.8) is 0 Å². The van der Waals surface area contributed by atoms with Crippen LogP contribution in [0.4, 0.5) is 5.82 Å². The van der Waals surface area contributed by atoms with Crippen LogP contribution in [0, 0.1) is 0 Å². The molecule has 2 aromatic heterocycles. The second kappa shape index (κ2) is 11.5. The summed E-state index contributed by atoms with van der Waals surface area (Å²) in [6.45, 7) is 3.77. The summed E-state index contributed by atoms with van der Waals surface area (Å²) in [5.41, 5.74) is 5.98. The van der Waals surface area contributed by atoms with E-state index in [-0.39, 0.29) is 12.3 Å². The number of aromatic nitrogens is 4. The van der Waals surface area contributed by atoms with Crippen LogP contribution in [0.15, 0.2) is 34.8 Å². The average molecular weight is 509 g/mol. The number of amides is 1. The molecule has 12 nitrogen and oxygen atoms in total. The maximum atomic E-state index is 12.5. The number of nitrogens with two attached hydrogens (primary N) is 1. The number of nitrogens with one attached hydrogen (secondary N) is 1. The lowest BCUT2D eigenvalue weighted by Crippen LogP contribution is -2.54. The van der Waals surface area contributed by atoms with Gasteiger partial charge in [-0.05, 0) is 32.9 Å². The molecule has 1 aliphatic rings. The molecular formula is C22H32N6O6S. The molecule has 3 heterocycles. The number of carbonyl (C=O) groups excluding carboxylic acids is 1. The Morgan fingerprint density at radius 2 is 2.03 bits per heavy atom. The van der Waals surface area contributed by atoms with Crippen molar-refractivity contribution in [2.45, 2.75) is 55.9 Å². The molecule has 7 N–H and O–H groups in total. The van der Waals surface area contributed by atoms with Gasteiger partial charge in [-0.1, -0.05) is 35.1 Å². The number of nitrogens with zero attached hydrogens (tertiary/aromatic N) is 4. The zero-order valence-electron chi connectivity index (χ0n) is 19.9. The molecule has 35 heavy (non-hydrogen) atoms. The fourth-order valence-electron chi connectivity index (χ4n) is 3.84. The van der Waals surface area contributed by atoms with E-state index in [1.165, 1.54) is 22.7 Å². The molecule has 192 valence electrons. The third-order valence-electron chi connectivity index (χ3n) is 5.89. The molecule has 0 saturated carbocycles. The van der Waals surface area contributed by atoms with Gasteiger partial charge in [0, 0.05) is 6.54 Å². The highest BCUT2D eigenvalue weighted by Crippen LogP contribution is 2.38. The van der Waals surface area contributed by atoms with Crippen LogP contribution in [-0.2, 0) is 15.3 Å². The first-order valence-corrected chi connectivity index (χ1v) is 12.3. The Balaban J connectivity index is 1.92. The summed E-state index contributed by atoms with van der Waals surface area (Å²) < 4.78 is 6.78. The summed E-state index contributed by atoms with van der Waals surface area (Å²) in [6, 6.07) is 0. The lowest BCUT2D eigenvalue weighted by atomic mass is 10.0. The third kappa shape index (κ3) is 5.34. The zero-order chi connectivity index (χ0) is 25.8. The summed E-state index contributed by atoms with van der Waals surface area (Å²) in [4.78, 5) is 25.8. The highest BCUT2D eigenvalue weighted by molar-refractivity contribution is 7.98. The molecule has 0 spiro atoms. The van der Waals surface area contributed by atoms with Gasteiger partial charge in [-0.2, -0.15) is 0 Å². The Bertz CT molecular complexity index is 1120. The second-order valence-electron chi connectivity index (χ2n) is 8.36. The van der Waals surface area contributed by atoms with Gasteiger partial charge < -0.3 is 36.2 Å². The number of imidazole rings is 1. The maximum Gasteiger partial charge on any atom is 0.274 e. The molecule has 0 unspecified atom stereocenters. The quantitative estimate of drug-likeness (QED) is 0.135. The predicted octanol–water partition coefficient (Wildman–Crippen LogP) is -0.124. The Labute approximate surface area is 206 Å². The van der Waals surface area contributed by atoms with Crippen molar-refractivity contribution in [3.8, 4) is 0 Å². The van der Waals surface area contributed by atoms with Gasteiger partial charge in [0.15, 0.2) is 22.1 Å². The van der Waals surface area contributed by atoms with Crippen LogP contribution in [0.1, 0.15) is 26.7 Å². The van der Waals surface area contributed by atoms with Crippen molar-refractivity contribution in [3.05, 3.63) is 29.6 Å². The number of carbonyl (C=O) groups is 1. The Kier molecular flexibility index (Phi) is 8.85. The molecule has 0 bridgehead atoms. The first kappa shape index (κ1) is 27.0. The van der Waals surface area contributed by atoms with Gasteiger partial charge >= 0.3 is 0 Å². The van der Waals surface area contributed by atoms with E-state index in [2.05, 4.69) is 20.3 Å². The van der Waals surface area contributed by atoms with E-state index >= 15 is 0 Å². The summed E-state index contributed by atoms with van der Waals surface area (Å²) in [7, 11) is 0. The summed E-state index contributed by atoms with van der Waals surface area (Å²) in [5.74, 6) is -0.660. The molecule has 4 atom stereocenters. The number of anilines is 1. The number of thioether (sulfide) groups is 1. The summed E-state index contributed by atoms with van der Waals surface area (Å²) >= 11 is 1.27. The van der Waals surface area contributed by atoms with E-state index < -0.39 is 36.6 Å². The van der Waals surface area contributed by atoms with Crippen LogP contribution in [0.3, 0.4) is 0 Å². The van der Waals surface area contributed by atoms with Crippen molar-refractivity contribution >= 4 is 34.7 Å². The molecule has 1 amide bonds. The predicted molar refractivity (Wildman–Crippen MR) is 131 cm³/mol. The van der Waals surface area contributed by atoms with Crippen molar-refractivity contribution < 1.29 is 30.0 Å². The fourth-order valence-corrected chi connectivity index (χ4v) is 4.20. The van der Waals surface area contributed by atoms with Crippen LogP contribution in [0.25, 0.3) is 11.2 Å². The normalized spacial score (nSPS) is 25.4. The number of hydrogen-bond donors (Lipinski definition) is 6. The number of ether oxygens (including phenoxy) is 1. The van der Waals surface area contributed by atoms with Crippen molar-refractivity contribution in [1.29, 1.82) is 0 Å². The van der Waals surface area contributed by atoms with Gasteiger partial charge in [-0.25, -0.2) is 15.0 Å². The van der Waals surface area contributed by atoms with Gasteiger partial charge in [-0.3, -0.25) is 9.36 Å². The topological polar surface area (TPSA) is 189 Å². The molecule has 0 aliphatic carbocycles. The Morgan fingerprint density at radius 3 is 2.63 bits per heavy atom. The number of fused-ring (bicyclic) bond motifs is 1. The molecule has 3 rings (SSSR count). The average Bonchev–Trinajstić information content (AvgIpc) is 3.38. The molecule has 1 fully saturated rings. The van der Waals surface area contributed by atoms with E-state index in [0.717, 1.165) is 24.0 Å². The molecule has 0 radical (unpaired) electrons. The Morgan fingerprint density at radius 1 is 1.29 bits per heavy atom. The van der Waals surface area contributed by atoms with E-state index in [4.69, 9.17) is 15.6 Å². The first-order valence-electron chi connectivity index (χ1n) is 11.1. The number of allylic oxidation sites excluding steroid dienone is 2. The SMILES string of the molecule is CSc1nc(NC/C=C(\C)CC/C=C(\C)CO)c2ncn([C@]3(C(N)=O)O[C@H](CO)[C@@H](O)[C@H]3O)c2n1. The minimum absolute atomic E-state index is 0.0528. The van der Waals surface area contributed by atoms with Gasteiger partial charge in [0.05, 0.1) is 13.2 Å². The van der Waals surface area contributed by atoms with Gasteiger partial charge in [0.25, 0.3) is 11.6 Å². The standard InChI is InChI=1S/C22H32N6O6S/c1-12(5-4-6-13(2)9-29)7-8-24-18-15-19(27-21(26-18)35-3)28(11-25-15)22(20(23)33)17(32)16(31)14(10-30)34-22/h6-7,11,14,16-17,29-32H,4-5,8-10H2,1-3H3,(H2,23,33)(H,24,26,27)/b12-7+,13-6+/t14-,16-,17-,22+/m1/s1.